The monoisotopic (exact) mass is 312 g/mol. The van der Waals surface area contributed by atoms with E-state index in [1.54, 1.807) is 19.1 Å². The second-order valence-electron chi connectivity index (χ2n) is 3.97. The summed E-state index contributed by atoms with van der Waals surface area (Å²) < 4.78 is 40.4. The molecule has 1 amide bonds. The molecule has 114 valence electrons. The largest absolute Gasteiger partial charge is 0.484 e. The molecule has 0 aliphatic carbocycles. The highest BCUT2D eigenvalue weighted by Crippen LogP contribution is 2.20. The lowest BCUT2D eigenvalue weighted by Gasteiger charge is -2.14. The molecule has 0 bridgehead atoms. The second kappa shape index (κ2) is 7.96. The zero-order chi connectivity index (χ0) is 14.5. The highest BCUT2D eigenvalue weighted by Gasteiger charge is 2.28. The number of carbonyl (C=O) groups is 1. The third-order valence-corrected chi connectivity index (χ3v) is 2.35. The number of hydrogen-bond acceptors (Lipinski definition) is 3. The first-order valence-electron chi connectivity index (χ1n) is 5.61. The van der Waals surface area contributed by atoms with Crippen LogP contribution in [0.15, 0.2) is 24.3 Å². The van der Waals surface area contributed by atoms with Crippen molar-refractivity contribution in [3.8, 4) is 5.75 Å². The summed E-state index contributed by atoms with van der Waals surface area (Å²) in [6, 6.07) is 5.76. The molecule has 0 aromatic heterocycles. The van der Waals surface area contributed by atoms with Crippen LogP contribution in [0.25, 0.3) is 0 Å². The van der Waals surface area contributed by atoms with E-state index in [2.05, 4.69) is 10.1 Å². The Morgan fingerprint density at radius 1 is 1.35 bits per heavy atom. The van der Waals surface area contributed by atoms with Crippen molar-refractivity contribution in [2.24, 2.45) is 5.73 Å². The van der Waals surface area contributed by atoms with Gasteiger partial charge < -0.3 is 15.8 Å². The number of benzene rings is 1. The molecule has 0 saturated heterocycles. The molecule has 1 unspecified atom stereocenters. The van der Waals surface area contributed by atoms with Gasteiger partial charge in [-0.1, -0.05) is 12.1 Å². The van der Waals surface area contributed by atoms with Gasteiger partial charge in [0, 0.05) is 0 Å². The molecule has 0 fully saturated rings. The molecule has 0 saturated carbocycles. The van der Waals surface area contributed by atoms with Gasteiger partial charge in [-0.15, -0.1) is 12.4 Å². The number of halogens is 4. The molecule has 0 spiro atoms. The smallest absolute Gasteiger partial charge is 0.422 e. The van der Waals surface area contributed by atoms with Crippen LogP contribution < -0.4 is 15.8 Å². The zero-order valence-electron chi connectivity index (χ0n) is 10.7. The molecule has 1 aromatic rings. The Morgan fingerprint density at radius 3 is 2.35 bits per heavy atom. The van der Waals surface area contributed by atoms with Crippen LogP contribution in [-0.4, -0.2) is 25.2 Å². The maximum Gasteiger partial charge on any atom is 0.422 e. The first-order valence-corrected chi connectivity index (χ1v) is 5.61. The number of ether oxygens (including phenoxy) is 1. The highest BCUT2D eigenvalue weighted by atomic mass is 35.5. The predicted molar refractivity (Wildman–Crippen MR) is 70.9 cm³/mol. The van der Waals surface area contributed by atoms with E-state index >= 15 is 0 Å². The molecule has 20 heavy (non-hydrogen) atoms. The average molecular weight is 313 g/mol. The van der Waals surface area contributed by atoms with E-state index in [0.29, 0.717) is 0 Å². The Labute approximate surface area is 120 Å². The lowest BCUT2D eigenvalue weighted by atomic mass is 10.1. The Morgan fingerprint density at radius 2 is 1.90 bits per heavy atom. The van der Waals surface area contributed by atoms with Crippen LogP contribution in [0, 0.1) is 0 Å². The molecule has 1 atom stereocenters. The van der Waals surface area contributed by atoms with Crippen LogP contribution in [0.5, 0.6) is 5.75 Å². The fourth-order valence-corrected chi connectivity index (χ4v) is 1.40. The summed E-state index contributed by atoms with van der Waals surface area (Å²) in [6.07, 6.45) is -4.36. The van der Waals surface area contributed by atoms with Crippen LogP contribution in [-0.2, 0) is 4.79 Å². The third-order valence-electron chi connectivity index (χ3n) is 2.35. The topological polar surface area (TPSA) is 64.4 Å². The van der Waals surface area contributed by atoms with E-state index < -0.39 is 12.8 Å². The SMILES string of the molecule is CC(NC(=O)CN)c1ccc(OCC(F)(F)F)cc1.Cl. The van der Waals surface area contributed by atoms with Gasteiger partial charge in [-0.05, 0) is 24.6 Å². The first-order chi connectivity index (χ1) is 8.81. The second-order valence-corrected chi connectivity index (χ2v) is 3.97. The lowest BCUT2D eigenvalue weighted by molar-refractivity contribution is -0.153. The summed E-state index contributed by atoms with van der Waals surface area (Å²) in [6.45, 7) is 0.308. The minimum atomic E-state index is -4.36. The number of carbonyl (C=O) groups excluding carboxylic acids is 1. The van der Waals surface area contributed by atoms with Crippen LogP contribution in [0.1, 0.15) is 18.5 Å². The summed E-state index contributed by atoms with van der Waals surface area (Å²) in [7, 11) is 0. The molecular weight excluding hydrogens is 297 g/mol. The number of amides is 1. The van der Waals surface area contributed by atoms with Gasteiger partial charge in [0.2, 0.25) is 5.91 Å². The number of rotatable bonds is 5. The Balaban J connectivity index is 0.00000361. The number of hydrogen-bond donors (Lipinski definition) is 2. The minimum absolute atomic E-state index is 0. The lowest BCUT2D eigenvalue weighted by Crippen LogP contribution is -2.32. The van der Waals surface area contributed by atoms with Crippen molar-refractivity contribution in [3.05, 3.63) is 29.8 Å². The minimum Gasteiger partial charge on any atom is -0.484 e. The van der Waals surface area contributed by atoms with Gasteiger partial charge in [-0.3, -0.25) is 4.79 Å². The van der Waals surface area contributed by atoms with Crippen LogP contribution >= 0.6 is 12.4 Å². The summed E-state index contributed by atoms with van der Waals surface area (Å²) in [4.78, 5) is 11.1. The normalized spacial score (nSPS) is 12.2. The molecule has 4 nitrogen and oxygen atoms in total. The third kappa shape index (κ3) is 6.63. The van der Waals surface area contributed by atoms with Crippen molar-refractivity contribution >= 4 is 18.3 Å². The van der Waals surface area contributed by atoms with Crippen molar-refractivity contribution in [2.75, 3.05) is 13.2 Å². The van der Waals surface area contributed by atoms with Gasteiger partial charge in [-0.2, -0.15) is 13.2 Å². The van der Waals surface area contributed by atoms with Crippen LogP contribution in [0.4, 0.5) is 13.2 Å². The fraction of sp³-hybridized carbons (Fsp3) is 0.417. The fourth-order valence-electron chi connectivity index (χ4n) is 1.40. The van der Waals surface area contributed by atoms with E-state index in [4.69, 9.17) is 5.73 Å². The van der Waals surface area contributed by atoms with Gasteiger partial charge >= 0.3 is 6.18 Å². The average Bonchev–Trinajstić information content (AvgIpc) is 2.36. The molecule has 3 N–H and O–H groups in total. The zero-order valence-corrected chi connectivity index (χ0v) is 11.6. The Bertz CT molecular complexity index is 424. The van der Waals surface area contributed by atoms with Crippen molar-refractivity contribution in [1.29, 1.82) is 0 Å². The number of nitrogens with two attached hydrogens (primary N) is 1. The number of nitrogens with one attached hydrogen (secondary N) is 1. The standard InChI is InChI=1S/C12H15F3N2O2.ClH/c1-8(17-11(18)6-16)9-2-4-10(5-3-9)19-7-12(13,14)15;/h2-5,8H,6-7,16H2,1H3,(H,17,18);1H. The molecule has 0 radical (unpaired) electrons. The summed E-state index contributed by atoms with van der Waals surface area (Å²) >= 11 is 0. The van der Waals surface area contributed by atoms with Crippen LogP contribution in [0.2, 0.25) is 0 Å². The molecule has 1 aromatic carbocycles. The van der Waals surface area contributed by atoms with E-state index in [-0.39, 0.29) is 36.7 Å². The van der Waals surface area contributed by atoms with Crippen LogP contribution in [0.3, 0.4) is 0 Å². The van der Waals surface area contributed by atoms with E-state index in [0.717, 1.165) is 5.56 Å². The van der Waals surface area contributed by atoms with Gasteiger partial charge in [-0.25, -0.2) is 0 Å². The van der Waals surface area contributed by atoms with Crippen molar-refractivity contribution in [1.82, 2.24) is 5.32 Å². The molecule has 0 aliphatic heterocycles. The van der Waals surface area contributed by atoms with Gasteiger partial charge in [0.1, 0.15) is 5.75 Å². The van der Waals surface area contributed by atoms with Crippen molar-refractivity contribution in [3.63, 3.8) is 0 Å². The molecule has 8 heteroatoms. The van der Waals surface area contributed by atoms with E-state index in [1.165, 1.54) is 12.1 Å². The maximum atomic E-state index is 11.9. The maximum absolute atomic E-state index is 11.9. The summed E-state index contributed by atoms with van der Waals surface area (Å²) in [5.74, 6) is -0.177. The summed E-state index contributed by atoms with van der Waals surface area (Å²) in [5.41, 5.74) is 5.92. The summed E-state index contributed by atoms with van der Waals surface area (Å²) in [5, 5.41) is 2.64. The molecule has 0 aliphatic rings. The van der Waals surface area contributed by atoms with Gasteiger partial charge in [0.25, 0.3) is 0 Å². The number of alkyl halides is 3. The van der Waals surface area contributed by atoms with E-state index in [1.807, 2.05) is 0 Å². The quantitative estimate of drug-likeness (QED) is 0.876. The highest BCUT2D eigenvalue weighted by molar-refractivity contribution is 5.85. The Hall–Kier alpha value is -1.47. The predicted octanol–water partition coefficient (Wildman–Crippen LogP) is 2.19. The molecule has 0 heterocycles. The first kappa shape index (κ1) is 18.5. The van der Waals surface area contributed by atoms with Gasteiger partial charge in [0.15, 0.2) is 6.61 Å². The molecular formula is C12H16ClF3N2O2. The Kier molecular flexibility index (Phi) is 7.38. The van der Waals surface area contributed by atoms with Crippen molar-refractivity contribution in [2.45, 2.75) is 19.1 Å². The van der Waals surface area contributed by atoms with Crippen molar-refractivity contribution < 1.29 is 22.7 Å². The van der Waals surface area contributed by atoms with E-state index in [9.17, 15) is 18.0 Å². The van der Waals surface area contributed by atoms with Gasteiger partial charge in [0.05, 0.1) is 12.6 Å². The molecule has 1 rings (SSSR count).